The van der Waals surface area contributed by atoms with E-state index in [4.69, 9.17) is 9.31 Å². The van der Waals surface area contributed by atoms with Crippen molar-refractivity contribution < 1.29 is 24.3 Å². The van der Waals surface area contributed by atoms with Crippen molar-refractivity contribution >= 4 is 29.0 Å². The van der Waals surface area contributed by atoms with Crippen LogP contribution in [0.1, 0.15) is 45.5 Å². The number of hydrogen-bond acceptors (Lipinski definition) is 4. The zero-order chi connectivity index (χ0) is 16.7. The Labute approximate surface area is 138 Å². The van der Waals surface area contributed by atoms with Crippen molar-refractivity contribution in [3.63, 3.8) is 0 Å². The predicted molar refractivity (Wildman–Crippen MR) is 86.9 cm³/mol. The topological polar surface area (TPSA) is 76.0 Å². The highest BCUT2D eigenvalue weighted by atomic mass is 79.9. The largest absolute Gasteiger partial charge is 0.507 e. The lowest BCUT2D eigenvalue weighted by atomic mass is 9.66. The maximum atomic E-state index is 11.2. The lowest BCUT2D eigenvalue weighted by Crippen LogP contribution is -2.41. The molecular formula is C15H20BBrO5. The van der Waals surface area contributed by atoms with E-state index in [1.54, 1.807) is 12.1 Å². The Morgan fingerprint density at radius 1 is 1.27 bits per heavy atom. The average molecular weight is 371 g/mol. The first kappa shape index (κ1) is 17.3. The molecule has 1 unspecified atom stereocenters. The minimum atomic E-state index is -0.927. The van der Waals surface area contributed by atoms with Crippen molar-refractivity contribution in [2.24, 2.45) is 0 Å². The molecule has 0 saturated carbocycles. The zero-order valence-corrected chi connectivity index (χ0v) is 14.7. The van der Waals surface area contributed by atoms with Crippen molar-refractivity contribution in [1.82, 2.24) is 0 Å². The number of hydrogen-bond donors (Lipinski definition) is 2. The summed E-state index contributed by atoms with van der Waals surface area (Å²) in [6.07, 6.45) is -0.117. The summed E-state index contributed by atoms with van der Waals surface area (Å²) < 4.78 is 12.5. The molecule has 0 spiro atoms. The molecule has 0 radical (unpaired) electrons. The Bertz CT molecular complexity index is 571. The molecule has 0 bridgehead atoms. The van der Waals surface area contributed by atoms with Gasteiger partial charge in [-0.1, -0.05) is 6.07 Å². The van der Waals surface area contributed by atoms with E-state index < -0.39 is 30.1 Å². The van der Waals surface area contributed by atoms with Crippen molar-refractivity contribution in [3.05, 3.63) is 28.2 Å². The molecule has 1 aromatic carbocycles. The number of halogens is 1. The molecule has 0 aliphatic carbocycles. The Morgan fingerprint density at radius 2 is 1.82 bits per heavy atom. The van der Waals surface area contributed by atoms with Gasteiger partial charge in [-0.15, -0.1) is 0 Å². The highest BCUT2D eigenvalue weighted by Crippen LogP contribution is 2.42. The summed E-state index contributed by atoms with van der Waals surface area (Å²) >= 11 is 3.25. The average Bonchev–Trinajstić information content (AvgIpc) is 2.59. The number of carboxylic acids is 1. The van der Waals surface area contributed by atoms with Crippen LogP contribution < -0.4 is 0 Å². The summed E-state index contributed by atoms with van der Waals surface area (Å²) in [7, 11) is -0.655. The van der Waals surface area contributed by atoms with Crippen LogP contribution in [0.25, 0.3) is 0 Å². The first-order chi connectivity index (χ1) is 10.0. The van der Waals surface area contributed by atoms with E-state index in [1.165, 1.54) is 6.07 Å². The van der Waals surface area contributed by atoms with Crippen molar-refractivity contribution in [1.29, 1.82) is 0 Å². The third-order valence-electron chi connectivity index (χ3n) is 4.39. The second-order valence-corrected chi connectivity index (χ2v) is 7.39. The van der Waals surface area contributed by atoms with Gasteiger partial charge in [0, 0.05) is 5.82 Å². The number of aromatic hydroxyl groups is 1. The number of aliphatic carboxylic acids is 1. The van der Waals surface area contributed by atoms with Crippen molar-refractivity contribution in [2.75, 3.05) is 0 Å². The van der Waals surface area contributed by atoms with Gasteiger partial charge in [0.15, 0.2) is 0 Å². The van der Waals surface area contributed by atoms with Crippen LogP contribution in [0.3, 0.4) is 0 Å². The fourth-order valence-corrected chi connectivity index (χ4v) is 2.76. The summed E-state index contributed by atoms with van der Waals surface area (Å²) in [5.74, 6) is -1.29. The molecule has 1 aliphatic heterocycles. The standard InChI is InChI=1S/C15H20BBrO5/c1-14(2)15(3,4)22-16(21-14)10(8-13(19)20)9-5-6-12(18)11(17)7-9/h5-7,10,18H,8H2,1-4H3,(H,19,20). The van der Waals surface area contributed by atoms with Crippen molar-refractivity contribution in [2.45, 2.75) is 51.1 Å². The normalized spacial score (nSPS) is 20.9. The van der Waals surface area contributed by atoms with Gasteiger partial charge < -0.3 is 19.5 Å². The number of phenols is 1. The summed E-state index contributed by atoms with van der Waals surface area (Å²) in [5, 5.41) is 18.8. The maximum Gasteiger partial charge on any atom is 0.466 e. The van der Waals surface area contributed by atoms with Gasteiger partial charge in [-0.25, -0.2) is 0 Å². The first-order valence-electron chi connectivity index (χ1n) is 7.09. The first-order valence-corrected chi connectivity index (χ1v) is 7.88. The minimum absolute atomic E-state index is 0.103. The summed E-state index contributed by atoms with van der Waals surface area (Å²) in [4.78, 5) is 11.2. The Hall–Kier alpha value is -1.05. The number of rotatable bonds is 4. The molecule has 0 amide bonds. The molecule has 2 N–H and O–H groups in total. The molecule has 1 fully saturated rings. The van der Waals surface area contributed by atoms with Gasteiger partial charge in [-0.3, -0.25) is 4.79 Å². The molecule has 22 heavy (non-hydrogen) atoms. The van der Waals surface area contributed by atoms with Crippen LogP contribution in [-0.2, 0) is 14.1 Å². The van der Waals surface area contributed by atoms with Gasteiger partial charge in [0.1, 0.15) is 5.75 Å². The molecular weight excluding hydrogens is 351 g/mol. The van der Waals surface area contributed by atoms with E-state index in [-0.39, 0.29) is 12.2 Å². The number of carbonyl (C=O) groups is 1. The van der Waals surface area contributed by atoms with Crippen LogP contribution in [0.15, 0.2) is 22.7 Å². The highest BCUT2D eigenvalue weighted by molar-refractivity contribution is 9.10. The predicted octanol–water partition coefficient (Wildman–Crippen LogP) is 3.34. The molecule has 1 aromatic rings. The van der Waals surface area contributed by atoms with Gasteiger partial charge in [-0.05, 0) is 61.3 Å². The summed E-state index contributed by atoms with van der Waals surface area (Å²) in [6, 6.07) is 4.92. The van der Waals surface area contributed by atoms with Gasteiger partial charge in [0.2, 0.25) is 0 Å². The Kier molecular flexibility index (Phi) is 4.62. The minimum Gasteiger partial charge on any atom is -0.507 e. The Balaban J connectivity index is 2.35. The monoisotopic (exact) mass is 370 g/mol. The third-order valence-corrected chi connectivity index (χ3v) is 5.03. The second-order valence-electron chi connectivity index (χ2n) is 6.54. The maximum absolute atomic E-state index is 11.2. The molecule has 5 nitrogen and oxygen atoms in total. The van der Waals surface area contributed by atoms with Crippen LogP contribution in [0.4, 0.5) is 0 Å². The lowest BCUT2D eigenvalue weighted by Gasteiger charge is -2.32. The number of benzene rings is 1. The quantitative estimate of drug-likeness (QED) is 0.795. The Morgan fingerprint density at radius 3 is 2.27 bits per heavy atom. The van der Waals surface area contributed by atoms with Crippen LogP contribution in [-0.4, -0.2) is 34.5 Å². The molecule has 1 atom stereocenters. The van der Waals surface area contributed by atoms with Gasteiger partial charge >= 0.3 is 13.1 Å². The van der Waals surface area contributed by atoms with E-state index in [1.807, 2.05) is 27.7 Å². The highest BCUT2D eigenvalue weighted by Gasteiger charge is 2.54. The van der Waals surface area contributed by atoms with E-state index in [2.05, 4.69) is 15.9 Å². The molecule has 120 valence electrons. The van der Waals surface area contributed by atoms with E-state index in [9.17, 15) is 15.0 Å². The number of phenolic OH excluding ortho intramolecular Hbond substituents is 1. The zero-order valence-electron chi connectivity index (χ0n) is 13.1. The van der Waals surface area contributed by atoms with Gasteiger partial charge in [0.25, 0.3) is 0 Å². The van der Waals surface area contributed by atoms with E-state index in [0.717, 1.165) is 5.56 Å². The van der Waals surface area contributed by atoms with Crippen LogP contribution in [0, 0.1) is 0 Å². The summed E-state index contributed by atoms with van der Waals surface area (Å²) in [6.45, 7) is 7.71. The van der Waals surface area contributed by atoms with Gasteiger partial charge in [-0.2, -0.15) is 0 Å². The van der Waals surface area contributed by atoms with Crippen molar-refractivity contribution in [3.8, 4) is 5.75 Å². The molecule has 1 heterocycles. The van der Waals surface area contributed by atoms with Gasteiger partial charge in [0.05, 0.1) is 22.1 Å². The second kappa shape index (κ2) is 5.87. The number of carboxylic acid groups (broad SMARTS) is 1. The van der Waals surface area contributed by atoms with E-state index in [0.29, 0.717) is 4.47 Å². The lowest BCUT2D eigenvalue weighted by molar-refractivity contribution is -0.137. The van der Waals surface area contributed by atoms with Crippen LogP contribution in [0.5, 0.6) is 5.75 Å². The molecule has 1 saturated heterocycles. The van der Waals surface area contributed by atoms with Crippen LogP contribution >= 0.6 is 15.9 Å². The van der Waals surface area contributed by atoms with E-state index >= 15 is 0 Å². The third kappa shape index (κ3) is 3.31. The van der Waals surface area contributed by atoms with Crippen LogP contribution in [0.2, 0.25) is 0 Å². The molecule has 7 heteroatoms. The molecule has 0 aromatic heterocycles. The fraction of sp³-hybridized carbons (Fsp3) is 0.533. The molecule has 1 aliphatic rings. The fourth-order valence-electron chi connectivity index (χ4n) is 2.37. The SMILES string of the molecule is CC1(C)OB(C(CC(=O)O)c2ccc(O)c(Br)c2)OC1(C)C. The smallest absolute Gasteiger partial charge is 0.466 e. The summed E-state index contributed by atoms with van der Waals surface area (Å²) in [5.41, 5.74) is -0.309. The molecule has 2 rings (SSSR count).